The van der Waals surface area contributed by atoms with Crippen LogP contribution in [0.5, 0.6) is 0 Å². The molecule has 1 rings (SSSR count). The van der Waals surface area contributed by atoms with Gasteiger partial charge in [0.1, 0.15) is 36.6 Å². The summed E-state index contributed by atoms with van der Waals surface area (Å²) in [7, 11) is 0. The van der Waals surface area contributed by atoms with Crippen LogP contribution < -0.4 is 5.32 Å². The molecule has 0 aromatic carbocycles. The summed E-state index contributed by atoms with van der Waals surface area (Å²) in [6, 6.07) is -1.17. The van der Waals surface area contributed by atoms with E-state index in [0.717, 1.165) is 51.4 Å². The van der Waals surface area contributed by atoms with Gasteiger partial charge in [-0.1, -0.05) is 212 Å². The van der Waals surface area contributed by atoms with Crippen molar-refractivity contribution in [2.45, 2.75) is 287 Å². The maximum Gasteiger partial charge on any atom is 0.249 e. The molecule has 9 atom stereocenters. The zero-order valence-electron chi connectivity index (χ0n) is 39.2. The lowest BCUT2D eigenvalue weighted by atomic mass is 9.98. The number of hydrogen-bond donors (Lipinski definition) is 8. The van der Waals surface area contributed by atoms with Crippen molar-refractivity contribution in [1.82, 2.24) is 5.32 Å². The van der Waals surface area contributed by atoms with Crippen LogP contribution in [0.4, 0.5) is 0 Å². The molecule has 1 aliphatic rings. The molecule has 1 amide bonds. The Morgan fingerprint density at radius 2 is 0.967 bits per heavy atom. The van der Waals surface area contributed by atoms with Crippen LogP contribution in [0, 0.1) is 0 Å². The van der Waals surface area contributed by atoms with Crippen LogP contribution in [0.3, 0.4) is 0 Å². The van der Waals surface area contributed by atoms with Crippen molar-refractivity contribution in [3.63, 3.8) is 0 Å². The molecule has 61 heavy (non-hydrogen) atoms. The number of unbranched alkanes of at least 4 members (excludes halogenated alkanes) is 29. The van der Waals surface area contributed by atoms with Crippen LogP contribution in [0.25, 0.3) is 0 Å². The molecule has 0 aromatic heterocycles. The van der Waals surface area contributed by atoms with E-state index in [1.54, 1.807) is 0 Å². The fourth-order valence-electron chi connectivity index (χ4n) is 8.31. The average Bonchev–Trinajstić information content (AvgIpc) is 3.26. The number of amides is 1. The molecule has 11 heteroatoms. The predicted octanol–water partition coefficient (Wildman–Crippen LogP) is 9.23. The number of ether oxygens (including phenoxy) is 2. The fourth-order valence-corrected chi connectivity index (χ4v) is 8.31. The lowest BCUT2D eigenvalue weighted by molar-refractivity contribution is -0.303. The van der Waals surface area contributed by atoms with Gasteiger partial charge < -0.3 is 50.5 Å². The molecule has 11 nitrogen and oxygen atoms in total. The molecule has 0 bridgehead atoms. The first kappa shape index (κ1) is 57.9. The summed E-state index contributed by atoms with van der Waals surface area (Å²) in [6.45, 7) is 3.40. The largest absolute Gasteiger partial charge is 0.394 e. The third kappa shape index (κ3) is 29.8. The molecule has 8 N–H and O–H groups in total. The van der Waals surface area contributed by atoms with E-state index < -0.39 is 74.2 Å². The molecule has 362 valence electrons. The van der Waals surface area contributed by atoms with Crippen molar-refractivity contribution in [2.75, 3.05) is 13.2 Å². The number of hydrogen-bond acceptors (Lipinski definition) is 10. The third-order valence-electron chi connectivity index (χ3n) is 12.6. The molecule has 0 aromatic rings. The second-order valence-corrected chi connectivity index (χ2v) is 18.2. The number of aliphatic hydroxyl groups excluding tert-OH is 7. The number of nitrogens with one attached hydrogen (secondary N) is 1. The van der Waals surface area contributed by atoms with E-state index in [-0.39, 0.29) is 6.42 Å². The summed E-state index contributed by atoms with van der Waals surface area (Å²) < 4.78 is 11.1. The molecular formula is C50H97NO10. The first-order valence-corrected chi connectivity index (χ1v) is 25.6. The normalized spacial score (nSPS) is 21.5. The monoisotopic (exact) mass is 872 g/mol. The van der Waals surface area contributed by atoms with Gasteiger partial charge in [0.2, 0.25) is 5.91 Å². The molecule has 0 aliphatic carbocycles. The number of carbonyl (C=O) groups excluding carboxylic acids is 1. The third-order valence-corrected chi connectivity index (χ3v) is 12.6. The van der Waals surface area contributed by atoms with Gasteiger partial charge in [0.15, 0.2) is 6.29 Å². The lowest BCUT2D eigenvalue weighted by Crippen LogP contribution is -2.60. The van der Waals surface area contributed by atoms with Crippen LogP contribution >= 0.6 is 0 Å². The first-order chi connectivity index (χ1) is 29.7. The van der Waals surface area contributed by atoms with Crippen LogP contribution in [0.1, 0.15) is 232 Å². The van der Waals surface area contributed by atoms with Gasteiger partial charge in [0, 0.05) is 0 Å². The predicted molar refractivity (Wildman–Crippen MR) is 247 cm³/mol. The van der Waals surface area contributed by atoms with Crippen molar-refractivity contribution in [3.8, 4) is 0 Å². The average molecular weight is 872 g/mol. The number of rotatable bonds is 43. The zero-order valence-corrected chi connectivity index (χ0v) is 39.2. The molecule has 0 radical (unpaired) electrons. The van der Waals surface area contributed by atoms with E-state index in [2.05, 4.69) is 31.3 Å². The highest BCUT2D eigenvalue weighted by Crippen LogP contribution is 2.23. The van der Waals surface area contributed by atoms with Crippen molar-refractivity contribution < 1.29 is 50.0 Å². The Bertz CT molecular complexity index is 1000. The smallest absolute Gasteiger partial charge is 0.249 e. The highest BCUT2D eigenvalue weighted by molar-refractivity contribution is 5.80. The molecule has 1 fully saturated rings. The zero-order chi connectivity index (χ0) is 44.8. The molecule has 1 aliphatic heterocycles. The Morgan fingerprint density at radius 1 is 0.557 bits per heavy atom. The van der Waals surface area contributed by atoms with Crippen molar-refractivity contribution in [1.29, 1.82) is 0 Å². The highest BCUT2D eigenvalue weighted by atomic mass is 16.7. The summed E-state index contributed by atoms with van der Waals surface area (Å²) in [6.07, 6.45) is 32.8. The topological polar surface area (TPSA) is 189 Å². The Labute approximate surface area is 372 Å². The van der Waals surface area contributed by atoms with Crippen LogP contribution in [0.2, 0.25) is 0 Å². The summed E-state index contributed by atoms with van der Waals surface area (Å²) in [5, 5.41) is 75.7. The van der Waals surface area contributed by atoms with Crippen molar-refractivity contribution in [2.24, 2.45) is 0 Å². The molecule has 1 heterocycles. The minimum atomic E-state index is -1.66. The molecule has 9 unspecified atom stereocenters. The quantitative estimate of drug-likeness (QED) is 0.0217. The van der Waals surface area contributed by atoms with Crippen LogP contribution in [0.15, 0.2) is 12.2 Å². The Balaban J connectivity index is 2.31. The fraction of sp³-hybridized carbons (Fsp3) is 0.940. The van der Waals surface area contributed by atoms with Crippen LogP contribution in [-0.4, -0.2) is 110 Å². The van der Waals surface area contributed by atoms with E-state index in [1.165, 1.54) is 141 Å². The van der Waals surface area contributed by atoms with Gasteiger partial charge >= 0.3 is 0 Å². The number of allylic oxidation sites excluding steroid dienone is 2. The lowest BCUT2D eigenvalue weighted by Gasteiger charge is -2.40. The van der Waals surface area contributed by atoms with Gasteiger partial charge in [-0.15, -0.1) is 0 Å². The van der Waals surface area contributed by atoms with Crippen LogP contribution in [-0.2, 0) is 14.3 Å². The molecule has 1 saturated heterocycles. The summed E-state index contributed by atoms with van der Waals surface area (Å²) in [5.41, 5.74) is 0. The van der Waals surface area contributed by atoms with E-state index in [1.807, 2.05) is 0 Å². The Hall–Kier alpha value is -1.15. The van der Waals surface area contributed by atoms with Gasteiger partial charge in [0.05, 0.1) is 25.4 Å². The minimum Gasteiger partial charge on any atom is -0.394 e. The van der Waals surface area contributed by atoms with Gasteiger partial charge in [-0.3, -0.25) is 4.79 Å². The van der Waals surface area contributed by atoms with Gasteiger partial charge in [-0.25, -0.2) is 0 Å². The number of carbonyl (C=O) groups is 1. The molecule has 0 saturated carbocycles. The highest BCUT2D eigenvalue weighted by Gasteiger charge is 2.44. The molecule has 0 spiro atoms. The summed E-state index contributed by atoms with van der Waals surface area (Å²) in [4.78, 5) is 13.0. The standard InChI is InChI=1S/C50H97NO10/c1-3-5-7-9-11-13-15-16-17-18-19-20-21-22-23-24-25-26-27-28-30-31-33-35-37-42(53)45(55)41(40-60-50-48(58)47(57)46(56)44(39-52)61-50)51-49(59)43(54)38-36-34-32-29-14-12-10-8-6-4-2/h10,12,41-48,50,52-58H,3-9,11,13-40H2,1-2H3,(H,51,59)/b12-10-. The second-order valence-electron chi connectivity index (χ2n) is 18.2. The second kappa shape index (κ2) is 40.4. The number of aliphatic hydroxyl groups is 7. The van der Waals surface area contributed by atoms with E-state index in [9.17, 15) is 40.5 Å². The maximum atomic E-state index is 13.0. The first-order valence-electron chi connectivity index (χ1n) is 25.6. The Morgan fingerprint density at radius 3 is 1.43 bits per heavy atom. The van der Waals surface area contributed by atoms with E-state index in [4.69, 9.17) is 9.47 Å². The van der Waals surface area contributed by atoms with E-state index >= 15 is 0 Å². The minimum absolute atomic E-state index is 0.247. The Kier molecular flexibility index (Phi) is 38.3. The van der Waals surface area contributed by atoms with Crippen molar-refractivity contribution in [3.05, 3.63) is 12.2 Å². The summed E-state index contributed by atoms with van der Waals surface area (Å²) >= 11 is 0. The van der Waals surface area contributed by atoms with Gasteiger partial charge in [-0.2, -0.15) is 0 Å². The maximum absolute atomic E-state index is 13.0. The van der Waals surface area contributed by atoms with Gasteiger partial charge in [0.25, 0.3) is 0 Å². The molecular weight excluding hydrogens is 775 g/mol. The van der Waals surface area contributed by atoms with E-state index in [0.29, 0.717) is 19.3 Å². The van der Waals surface area contributed by atoms with Gasteiger partial charge in [-0.05, 0) is 32.1 Å². The van der Waals surface area contributed by atoms with Crippen molar-refractivity contribution >= 4 is 5.91 Å². The summed E-state index contributed by atoms with van der Waals surface area (Å²) in [5.74, 6) is -0.706. The SMILES string of the molecule is CCCC/C=C\CCCCCCC(O)C(=O)NC(COC1OC(CO)C(O)C(O)C1O)C(O)C(O)CCCCCCCCCCCCCCCCCCCCCCCCCC.